The number of quaternary nitrogens is 1. The van der Waals surface area contributed by atoms with Crippen LogP contribution in [0.5, 0.6) is 0 Å². The second-order valence-corrected chi connectivity index (χ2v) is 18.1. The highest BCUT2D eigenvalue weighted by Crippen LogP contribution is 2.18. The topological polar surface area (TPSA) is 235 Å². The molecule has 0 saturated carbocycles. The largest absolute Gasteiger partial charge is 0.418 e. The minimum atomic E-state index is -0.531. The molecule has 0 aliphatic heterocycles. The van der Waals surface area contributed by atoms with E-state index in [0.29, 0.717) is 63.7 Å². The molecule has 3 atom stereocenters. The number of nitrogens with zero attached hydrogens (tertiary/aromatic N) is 3. The lowest BCUT2D eigenvalue weighted by Crippen LogP contribution is -2.54. The quantitative estimate of drug-likeness (QED) is 0.0207. The first-order chi connectivity index (χ1) is 27.8. The lowest BCUT2D eigenvalue weighted by molar-refractivity contribution is -0.834. The molecule has 0 aliphatic carbocycles. The number of carbonyl (C=O) groups is 4. The standard InChI is InChI=1S/C33H65N7O6.C10H23N3O/c1-25(2)38-28(30(34)43)14-12-13-19-36-31(44)40(10,11)24-46-32(4,5)18-20-39(9)22-27(35-8)15-16-29(42)37-23-33(6,7)45-21-17-26(3)41;1-8(2)13-9(10(11)14)6-4-5-7-12-3/h22,25-26,28,38,41H,8,12-21,23-24H2,1-7,9-11H3,(H3-,34,36,37,42,43,44);8-9,12-13H,4-7H2,1-3H3,(H2,11,14)/p+1/b27-22-;. The first-order valence-electron chi connectivity index (χ1n) is 21.7. The number of carbonyl (C=O) groups excluding carboxylic acids is 4. The van der Waals surface area contributed by atoms with Gasteiger partial charge in [-0.3, -0.25) is 19.4 Å². The highest BCUT2D eigenvalue weighted by atomic mass is 16.5. The van der Waals surface area contributed by atoms with E-state index in [4.69, 9.17) is 20.9 Å². The third kappa shape index (κ3) is 32.6. The lowest BCUT2D eigenvalue weighted by Gasteiger charge is -2.33. The van der Waals surface area contributed by atoms with Crippen molar-refractivity contribution in [2.45, 2.75) is 168 Å². The number of amides is 5. The van der Waals surface area contributed by atoms with Gasteiger partial charge in [0.25, 0.3) is 0 Å². The molecule has 352 valence electrons. The van der Waals surface area contributed by atoms with Crippen LogP contribution < -0.4 is 38.1 Å². The molecular formula is C43H89N10O7+. The van der Waals surface area contributed by atoms with Crippen molar-refractivity contribution < 1.29 is 38.2 Å². The Hall–Kier alpha value is -3.19. The Morgan fingerprint density at radius 1 is 0.817 bits per heavy atom. The van der Waals surface area contributed by atoms with Crippen molar-refractivity contribution in [1.29, 1.82) is 0 Å². The summed E-state index contributed by atoms with van der Waals surface area (Å²) < 4.78 is 12.0. The Labute approximate surface area is 363 Å². The number of primary amides is 2. The van der Waals surface area contributed by atoms with E-state index >= 15 is 0 Å². The molecule has 0 aromatic rings. The predicted molar refractivity (Wildman–Crippen MR) is 243 cm³/mol. The Kier molecular flexibility index (Phi) is 31.0. The zero-order valence-corrected chi connectivity index (χ0v) is 39.9. The van der Waals surface area contributed by atoms with Gasteiger partial charge >= 0.3 is 6.03 Å². The smallest absolute Gasteiger partial charge is 0.393 e. The number of allylic oxidation sites excluding steroid dienone is 1. The number of hydrogen-bond donors (Lipinski definition) is 8. The number of aliphatic imine (C=N–C) groups is 1. The molecule has 0 bridgehead atoms. The summed E-state index contributed by atoms with van der Waals surface area (Å²) in [6.07, 6.45) is 8.50. The van der Waals surface area contributed by atoms with Gasteiger partial charge in [0, 0.05) is 58.0 Å². The van der Waals surface area contributed by atoms with Gasteiger partial charge in [-0.1, -0.05) is 34.1 Å². The van der Waals surface area contributed by atoms with Gasteiger partial charge in [-0.15, -0.1) is 0 Å². The van der Waals surface area contributed by atoms with E-state index in [1.54, 1.807) is 21.0 Å². The van der Waals surface area contributed by atoms with Gasteiger partial charge in [0.15, 0.2) is 6.73 Å². The Balaban J connectivity index is 0. The molecule has 0 saturated heterocycles. The van der Waals surface area contributed by atoms with Crippen molar-refractivity contribution in [3.8, 4) is 0 Å². The fourth-order valence-electron chi connectivity index (χ4n) is 5.57. The number of aliphatic hydroxyl groups excluding tert-OH is 1. The fraction of sp³-hybridized carbons (Fsp3) is 0.837. The molecule has 5 amide bonds. The van der Waals surface area contributed by atoms with Crippen molar-refractivity contribution in [2.75, 3.05) is 67.7 Å². The fourth-order valence-corrected chi connectivity index (χ4v) is 5.57. The number of nitrogens with one attached hydrogen (secondary N) is 5. The van der Waals surface area contributed by atoms with Crippen LogP contribution in [0.4, 0.5) is 4.79 Å². The third-order valence-electron chi connectivity index (χ3n) is 9.44. The number of unbranched alkanes of at least 4 members (excludes halogenated alkanes) is 2. The molecule has 0 spiro atoms. The molecule has 0 aliphatic rings. The molecule has 60 heavy (non-hydrogen) atoms. The molecule has 3 unspecified atom stereocenters. The van der Waals surface area contributed by atoms with Crippen molar-refractivity contribution >= 4 is 30.5 Å². The van der Waals surface area contributed by atoms with Crippen molar-refractivity contribution in [3.63, 3.8) is 0 Å². The molecule has 10 N–H and O–H groups in total. The molecule has 0 radical (unpaired) electrons. The maximum atomic E-state index is 12.8. The van der Waals surface area contributed by atoms with Crippen LogP contribution in [0.15, 0.2) is 16.9 Å². The molecule has 0 heterocycles. The van der Waals surface area contributed by atoms with Gasteiger partial charge in [-0.05, 0) is 106 Å². The van der Waals surface area contributed by atoms with E-state index in [2.05, 4.69) is 38.3 Å². The summed E-state index contributed by atoms with van der Waals surface area (Å²) in [5, 5.41) is 24.7. The number of urea groups is 1. The minimum absolute atomic E-state index is 0.0236. The van der Waals surface area contributed by atoms with Crippen LogP contribution in [-0.4, -0.2) is 154 Å². The highest BCUT2D eigenvalue weighted by Gasteiger charge is 2.30. The second-order valence-electron chi connectivity index (χ2n) is 18.1. The van der Waals surface area contributed by atoms with E-state index in [0.717, 1.165) is 38.6 Å². The maximum Gasteiger partial charge on any atom is 0.418 e. The van der Waals surface area contributed by atoms with Gasteiger partial charge in [-0.2, -0.15) is 0 Å². The van der Waals surface area contributed by atoms with Crippen LogP contribution in [-0.2, 0) is 23.9 Å². The Morgan fingerprint density at radius 3 is 1.82 bits per heavy atom. The first kappa shape index (κ1) is 58.9. The minimum Gasteiger partial charge on any atom is -0.393 e. The molecule has 0 fully saturated rings. The summed E-state index contributed by atoms with van der Waals surface area (Å²) >= 11 is 0. The third-order valence-corrected chi connectivity index (χ3v) is 9.44. The molecule has 0 rings (SSSR count). The summed E-state index contributed by atoms with van der Waals surface area (Å²) in [4.78, 5) is 54.0. The lowest BCUT2D eigenvalue weighted by atomic mass is 10.1. The average Bonchev–Trinajstić information content (AvgIpc) is 3.14. The van der Waals surface area contributed by atoms with E-state index in [9.17, 15) is 24.3 Å². The van der Waals surface area contributed by atoms with Crippen LogP contribution in [0, 0.1) is 0 Å². The zero-order chi connectivity index (χ0) is 46.5. The average molecular weight is 858 g/mol. The number of nitrogens with two attached hydrogens (primary N) is 2. The van der Waals surface area contributed by atoms with Crippen molar-refractivity contribution in [1.82, 2.24) is 31.5 Å². The van der Waals surface area contributed by atoms with Crippen LogP contribution in [0.25, 0.3) is 0 Å². The van der Waals surface area contributed by atoms with Gasteiger partial charge < -0.3 is 57.5 Å². The summed E-state index contributed by atoms with van der Waals surface area (Å²) in [7, 11) is 7.48. The molecular weight excluding hydrogens is 769 g/mol. The van der Waals surface area contributed by atoms with Crippen LogP contribution >= 0.6 is 0 Å². The second kappa shape index (κ2) is 31.6. The zero-order valence-electron chi connectivity index (χ0n) is 39.9. The van der Waals surface area contributed by atoms with Gasteiger partial charge in [0.2, 0.25) is 17.7 Å². The van der Waals surface area contributed by atoms with Crippen LogP contribution in [0.1, 0.15) is 127 Å². The maximum absolute atomic E-state index is 12.8. The SMILES string of the molecule is C=N/C(=C\N(C)CCC(C)(C)OC[N+](C)(C)C(=O)NCCCCC(NC(C)C)C(N)=O)CCC(=O)NCC(C)(C)OCCC(C)O.CNCCCCC(NC(C)C)C(N)=O. The molecule has 17 nitrogen and oxygen atoms in total. The van der Waals surface area contributed by atoms with Crippen molar-refractivity contribution in [2.24, 2.45) is 16.5 Å². The number of ether oxygens (including phenoxy) is 2. The first-order valence-corrected chi connectivity index (χ1v) is 21.7. The van der Waals surface area contributed by atoms with Gasteiger partial charge in [-0.25, -0.2) is 9.28 Å². The predicted octanol–water partition coefficient (Wildman–Crippen LogP) is 3.10. The highest BCUT2D eigenvalue weighted by molar-refractivity contribution is 5.80. The van der Waals surface area contributed by atoms with E-state index in [-0.39, 0.29) is 59.5 Å². The Bertz CT molecular complexity index is 1260. The van der Waals surface area contributed by atoms with E-state index in [1.807, 2.05) is 80.6 Å². The summed E-state index contributed by atoms with van der Waals surface area (Å²) in [5.74, 6) is -0.703. The number of rotatable bonds is 33. The molecule has 0 aromatic heterocycles. The molecule has 17 heteroatoms. The molecule has 0 aromatic carbocycles. The van der Waals surface area contributed by atoms with E-state index in [1.165, 1.54) is 0 Å². The monoisotopic (exact) mass is 858 g/mol. The normalized spacial score (nSPS) is 13.9. The number of hydrogen-bond acceptors (Lipinski definition) is 12. The summed E-state index contributed by atoms with van der Waals surface area (Å²) in [6, 6.07) is -0.207. The summed E-state index contributed by atoms with van der Waals surface area (Å²) in [5.41, 5.74) is 10.4. The van der Waals surface area contributed by atoms with E-state index < -0.39 is 17.3 Å². The van der Waals surface area contributed by atoms with Crippen molar-refractivity contribution in [3.05, 3.63) is 11.9 Å². The van der Waals surface area contributed by atoms with Gasteiger partial charge in [0.1, 0.15) is 0 Å². The van der Waals surface area contributed by atoms with Crippen LogP contribution in [0.2, 0.25) is 0 Å². The Morgan fingerprint density at radius 2 is 1.35 bits per heavy atom. The summed E-state index contributed by atoms with van der Waals surface area (Å²) in [6.45, 7) is 24.3. The van der Waals surface area contributed by atoms with Gasteiger partial charge in [0.05, 0.1) is 49.2 Å². The van der Waals surface area contributed by atoms with Crippen LogP contribution in [0.3, 0.4) is 0 Å². The number of aliphatic hydroxyl groups is 1.